The van der Waals surface area contributed by atoms with Crippen LogP contribution in [0.25, 0.3) is 11.3 Å². The molecule has 1 aliphatic heterocycles. The van der Waals surface area contributed by atoms with E-state index < -0.39 is 5.97 Å². The highest BCUT2D eigenvalue weighted by Crippen LogP contribution is 2.34. The SMILES string of the molecule is CCOC(=O)C1=Nc2ccc(-c3cn[nH]n3)cc2SN1. The summed E-state index contributed by atoms with van der Waals surface area (Å²) in [6.07, 6.45) is 1.65. The van der Waals surface area contributed by atoms with Gasteiger partial charge in [0.2, 0.25) is 5.84 Å². The molecule has 0 radical (unpaired) electrons. The van der Waals surface area contributed by atoms with Crippen LogP contribution in [0.15, 0.2) is 34.3 Å². The maximum absolute atomic E-state index is 11.6. The number of carbonyl (C=O) groups excluding carboxylic acids is 1. The van der Waals surface area contributed by atoms with Crippen LogP contribution in [0.1, 0.15) is 6.92 Å². The van der Waals surface area contributed by atoms with Gasteiger partial charge in [0.25, 0.3) is 0 Å². The van der Waals surface area contributed by atoms with E-state index in [2.05, 4.69) is 25.1 Å². The average molecular weight is 289 g/mol. The Morgan fingerprint density at radius 2 is 2.35 bits per heavy atom. The number of aromatic amines is 1. The van der Waals surface area contributed by atoms with Gasteiger partial charge in [-0.1, -0.05) is 6.07 Å². The van der Waals surface area contributed by atoms with Gasteiger partial charge in [0.1, 0.15) is 5.69 Å². The second-order valence-electron chi connectivity index (χ2n) is 3.92. The van der Waals surface area contributed by atoms with Crippen molar-refractivity contribution >= 4 is 29.4 Å². The maximum Gasteiger partial charge on any atom is 0.374 e. The molecule has 0 saturated heterocycles. The zero-order chi connectivity index (χ0) is 13.9. The first-order chi connectivity index (χ1) is 9.78. The number of amidine groups is 1. The van der Waals surface area contributed by atoms with Crippen molar-refractivity contribution in [2.75, 3.05) is 6.61 Å². The number of hydrogen-bond acceptors (Lipinski definition) is 7. The first-order valence-electron chi connectivity index (χ1n) is 5.97. The predicted molar refractivity (Wildman–Crippen MR) is 74.5 cm³/mol. The molecule has 2 N–H and O–H groups in total. The minimum absolute atomic E-state index is 0.207. The standard InChI is InChI=1S/C12H11N5O2S/c1-2-19-12(18)11-14-8-4-3-7(5-10(8)20-16-11)9-6-13-17-15-9/h3-6H,2H2,1H3,(H,14,16)(H,13,15,17). The third-order valence-corrected chi connectivity index (χ3v) is 3.47. The van der Waals surface area contributed by atoms with Crippen molar-refractivity contribution in [3.8, 4) is 11.3 Å². The Balaban J connectivity index is 1.91. The van der Waals surface area contributed by atoms with Crippen LogP contribution >= 0.6 is 11.9 Å². The summed E-state index contributed by atoms with van der Waals surface area (Å²) in [5.74, 6) is -0.246. The smallest absolute Gasteiger partial charge is 0.374 e. The molecule has 8 heteroatoms. The normalized spacial score (nSPS) is 13.2. The highest BCUT2D eigenvalue weighted by atomic mass is 32.2. The third kappa shape index (κ3) is 2.37. The highest BCUT2D eigenvalue weighted by molar-refractivity contribution is 7.98. The van der Waals surface area contributed by atoms with E-state index in [4.69, 9.17) is 4.74 Å². The van der Waals surface area contributed by atoms with Crippen LogP contribution in [-0.4, -0.2) is 33.8 Å². The molecule has 0 bridgehead atoms. The molecule has 0 aliphatic carbocycles. The number of rotatable bonds is 3. The lowest BCUT2D eigenvalue weighted by Crippen LogP contribution is -2.29. The summed E-state index contributed by atoms with van der Waals surface area (Å²) in [7, 11) is 0. The summed E-state index contributed by atoms with van der Waals surface area (Å²) in [6.45, 7) is 2.08. The molecule has 102 valence electrons. The number of hydrogen-bond donors (Lipinski definition) is 2. The number of fused-ring (bicyclic) bond motifs is 1. The molecule has 0 spiro atoms. The molecule has 20 heavy (non-hydrogen) atoms. The molecule has 2 aromatic rings. The van der Waals surface area contributed by atoms with Gasteiger partial charge in [0.15, 0.2) is 0 Å². The molecule has 7 nitrogen and oxygen atoms in total. The summed E-state index contributed by atoms with van der Waals surface area (Å²) < 4.78 is 7.79. The lowest BCUT2D eigenvalue weighted by molar-refractivity contribution is -0.135. The van der Waals surface area contributed by atoms with Crippen molar-refractivity contribution in [3.63, 3.8) is 0 Å². The largest absolute Gasteiger partial charge is 0.460 e. The number of nitrogens with zero attached hydrogens (tertiary/aromatic N) is 3. The highest BCUT2D eigenvalue weighted by Gasteiger charge is 2.19. The van der Waals surface area contributed by atoms with Gasteiger partial charge < -0.3 is 9.46 Å². The van der Waals surface area contributed by atoms with E-state index in [0.29, 0.717) is 6.61 Å². The fourth-order valence-corrected chi connectivity index (χ4v) is 2.46. The fraction of sp³-hybridized carbons (Fsp3) is 0.167. The molecule has 0 saturated carbocycles. The number of carbonyl (C=O) groups is 1. The first kappa shape index (κ1) is 12.7. The molecule has 2 heterocycles. The van der Waals surface area contributed by atoms with Gasteiger partial charge >= 0.3 is 5.97 Å². The van der Waals surface area contributed by atoms with Crippen LogP contribution < -0.4 is 4.72 Å². The van der Waals surface area contributed by atoms with Crippen LogP contribution in [0.3, 0.4) is 0 Å². The summed E-state index contributed by atoms with van der Waals surface area (Å²) >= 11 is 1.32. The second kappa shape index (κ2) is 5.33. The van der Waals surface area contributed by atoms with Crippen LogP contribution in [0.2, 0.25) is 0 Å². The predicted octanol–water partition coefficient (Wildman–Crippen LogP) is 1.68. The quantitative estimate of drug-likeness (QED) is 0.659. The van der Waals surface area contributed by atoms with Crippen LogP contribution in [-0.2, 0) is 9.53 Å². The molecule has 1 aromatic heterocycles. The number of aliphatic imine (C=N–C) groups is 1. The van der Waals surface area contributed by atoms with Crippen molar-refractivity contribution in [2.24, 2.45) is 4.99 Å². The zero-order valence-electron chi connectivity index (χ0n) is 10.6. The lowest BCUT2D eigenvalue weighted by Gasteiger charge is -2.15. The maximum atomic E-state index is 11.6. The van der Waals surface area contributed by atoms with Gasteiger partial charge in [0.05, 0.1) is 23.4 Å². The number of benzene rings is 1. The van der Waals surface area contributed by atoms with E-state index >= 15 is 0 Å². The Labute approximate surface area is 119 Å². The summed E-state index contributed by atoms with van der Waals surface area (Å²) in [5.41, 5.74) is 2.42. The number of aromatic nitrogens is 3. The van der Waals surface area contributed by atoms with Gasteiger partial charge in [-0.05, 0) is 31.0 Å². The summed E-state index contributed by atoms with van der Waals surface area (Å²) in [4.78, 5) is 16.8. The zero-order valence-corrected chi connectivity index (χ0v) is 11.4. The van der Waals surface area contributed by atoms with Crippen molar-refractivity contribution in [2.45, 2.75) is 11.8 Å². The van der Waals surface area contributed by atoms with E-state index in [-0.39, 0.29) is 5.84 Å². The molecule has 0 fully saturated rings. The molecule has 0 unspecified atom stereocenters. The molecular weight excluding hydrogens is 278 g/mol. The monoisotopic (exact) mass is 289 g/mol. The van der Waals surface area contributed by atoms with Crippen molar-refractivity contribution in [1.29, 1.82) is 0 Å². The van der Waals surface area contributed by atoms with Gasteiger partial charge in [-0.2, -0.15) is 15.4 Å². The van der Waals surface area contributed by atoms with Crippen molar-refractivity contribution in [1.82, 2.24) is 20.1 Å². The van der Waals surface area contributed by atoms with Gasteiger partial charge in [-0.3, -0.25) is 0 Å². The molecule has 1 aliphatic rings. The van der Waals surface area contributed by atoms with Gasteiger partial charge in [-0.15, -0.1) is 0 Å². The number of nitrogens with one attached hydrogen (secondary N) is 2. The number of H-pyrrole nitrogens is 1. The Hall–Kier alpha value is -2.35. The Morgan fingerprint density at radius 3 is 3.10 bits per heavy atom. The Morgan fingerprint density at radius 1 is 1.45 bits per heavy atom. The van der Waals surface area contributed by atoms with E-state index in [1.54, 1.807) is 13.1 Å². The first-order valence-corrected chi connectivity index (χ1v) is 6.78. The lowest BCUT2D eigenvalue weighted by atomic mass is 10.1. The van der Waals surface area contributed by atoms with Crippen molar-refractivity contribution < 1.29 is 9.53 Å². The second-order valence-corrected chi connectivity index (χ2v) is 4.77. The van der Waals surface area contributed by atoms with Gasteiger partial charge in [-0.25, -0.2) is 9.79 Å². The molecular formula is C12H11N5O2S. The fourth-order valence-electron chi connectivity index (χ4n) is 1.72. The minimum atomic E-state index is -0.453. The van der Waals surface area contributed by atoms with E-state index in [9.17, 15) is 4.79 Å². The summed E-state index contributed by atoms with van der Waals surface area (Å²) in [6, 6.07) is 5.66. The van der Waals surface area contributed by atoms with E-state index in [1.165, 1.54) is 11.9 Å². The Kier molecular flexibility index (Phi) is 3.38. The van der Waals surface area contributed by atoms with Crippen LogP contribution in [0, 0.1) is 0 Å². The van der Waals surface area contributed by atoms with Gasteiger partial charge in [0, 0.05) is 5.56 Å². The van der Waals surface area contributed by atoms with Crippen LogP contribution in [0.4, 0.5) is 5.69 Å². The molecule has 3 rings (SSSR count). The third-order valence-electron chi connectivity index (χ3n) is 2.63. The van der Waals surface area contributed by atoms with Crippen molar-refractivity contribution in [3.05, 3.63) is 24.4 Å². The minimum Gasteiger partial charge on any atom is -0.460 e. The number of esters is 1. The topological polar surface area (TPSA) is 92.3 Å². The molecule has 1 aromatic carbocycles. The molecule has 0 atom stereocenters. The number of ether oxygens (including phenoxy) is 1. The van der Waals surface area contributed by atoms with Crippen LogP contribution in [0.5, 0.6) is 0 Å². The van der Waals surface area contributed by atoms with E-state index in [0.717, 1.165) is 21.8 Å². The molecule has 0 amide bonds. The average Bonchev–Trinajstić information content (AvgIpc) is 3.00. The Bertz CT molecular complexity index is 668. The van der Waals surface area contributed by atoms with E-state index in [1.807, 2.05) is 18.2 Å². The summed E-state index contributed by atoms with van der Waals surface area (Å²) in [5, 5.41) is 10.4.